The van der Waals surface area contributed by atoms with Crippen LogP contribution < -0.4 is 0 Å². The second-order valence-electron chi connectivity index (χ2n) is 8.17. The quantitative estimate of drug-likeness (QED) is 0.704. The smallest absolute Gasteiger partial charge is 0.316 e. The molecule has 0 bridgehead atoms. The molecular formula is C21H28O4S. The summed E-state index contributed by atoms with van der Waals surface area (Å²) in [5.74, 6) is 0.796. The van der Waals surface area contributed by atoms with Gasteiger partial charge in [-0.3, -0.25) is 4.79 Å². The molecule has 3 aliphatic rings. The van der Waals surface area contributed by atoms with E-state index < -0.39 is 15.3 Å². The molecule has 0 saturated heterocycles. The van der Waals surface area contributed by atoms with Gasteiger partial charge >= 0.3 is 5.97 Å². The van der Waals surface area contributed by atoms with E-state index in [1.807, 2.05) is 19.1 Å². The minimum Gasteiger partial charge on any atom is -0.465 e. The second-order valence-corrected chi connectivity index (χ2v) is 10.4. The fraction of sp³-hybridized carbons (Fsp3) is 0.667. The molecule has 142 valence electrons. The van der Waals surface area contributed by atoms with Gasteiger partial charge in [-0.05, 0) is 55.7 Å². The van der Waals surface area contributed by atoms with Crippen molar-refractivity contribution in [1.82, 2.24) is 0 Å². The molecular weight excluding hydrogens is 348 g/mol. The van der Waals surface area contributed by atoms with Gasteiger partial charge in [-0.25, -0.2) is 8.42 Å². The van der Waals surface area contributed by atoms with Crippen LogP contribution in [-0.4, -0.2) is 26.2 Å². The van der Waals surface area contributed by atoms with Crippen molar-refractivity contribution in [3.05, 3.63) is 29.8 Å². The summed E-state index contributed by atoms with van der Waals surface area (Å²) in [5.41, 5.74) is 0.376. The molecule has 0 N–H and O–H groups in total. The Balaban J connectivity index is 1.61. The third kappa shape index (κ3) is 2.98. The lowest BCUT2D eigenvalue weighted by atomic mass is 9.80. The van der Waals surface area contributed by atoms with Crippen molar-refractivity contribution in [3.63, 3.8) is 0 Å². The topological polar surface area (TPSA) is 60.4 Å². The van der Waals surface area contributed by atoms with Crippen LogP contribution in [0.5, 0.6) is 0 Å². The lowest BCUT2D eigenvalue weighted by molar-refractivity contribution is -0.147. The van der Waals surface area contributed by atoms with Gasteiger partial charge in [0.05, 0.1) is 22.2 Å². The summed E-state index contributed by atoms with van der Waals surface area (Å²) in [4.78, 5) is 13.2. The van der Waals surface area contributed by atoms with E-state index in [2.05, 4.69) is 0 Å². The summed E-state index contributed by atoms with van der Waals surface area (Å²) in [6, 6.07) is 7.10. The summed E-state index contributed by atoms with van der Waals surface area (Å²) in [5, 5.41) is -0.205. The highest BCUT2D eigenvalue weighted by atomic mass is 32.2. The molecule has 4 nitrogen and oxygen atoms in total. The summed E-state index contributed by atoms with van der Waals surface area (Å²) in [6.45, 7) is 2.22. The fourth-order valence-electron chi connectivity index (χ4n) is 4.85. The molecule has 0 aliphatic heterocycles. The molecule has 3 saturated carbocycles. The zero-order valence-electron chi connectivity index (χ0n) is 15.4. The molecule has 0 spiro atoms. The second kappa shape index (κ2) is 6.66. The molecule has 0 radical (unpaired) electrons. The van der Waals surface area contributed by atoms with Gasteiger partial charge in [-0.2, -0.15) is 0 Å². The first-order chi connectivity index (χ1) is 12.5. The number of hydrogen-bond acceptors (Lipinski definition) is 4. The van der Waals surface area contributed by atoms with Crippen LogP contribution in [0.2, 0.25) is 0 Å². The number of sulfone groups is 1. The Morgan fingerprint density at radius 1 is 1.08 bits per heavy atom. The van der Waals surface area contributed by atoms with E-state index >= 15 is 0 Å². The van der Waals surface area contributed by atoms with Crippen LogP contribution in [-0.2, 0) is 24.8 Å². The van der Waals surface area contributed by atoms with Crippen LogP contribution in [0.25, 0.3) is 0 Å². The Kier molecular flexibility index (Phi) is 4.62. The Bertz CT molecular complexity index is 773. The van der Waals surface area contributed by atoms with Gasteiger partial charge in [-0.1, -0.05) is 44.2 Å². The number of rotatable bonds is 6. The average Bonchev–Trinajstić information content (AvgIpc) is 3.56. The number of carbonyl (C=O) groups excluding carboxylic acids is 1. The largest absolute Gasteiger partial charge is 0.465 e. The predicted molar refractivity (Wildman–Crippen MR) is 99.6 cm³/mol. The van der Waals surface area contributed by atoms with Gasteiger partial charge in [0.15, 0.2) is 9.84 Å². The van der Waals surface area contributed by atoms with Crippen molar-refractivity contribution in [2.75, 3.05) is 6.61 Å². The van der Waals surface area contributed by atoms with Crippen molar-refractivity contribution in [2.24, 2.45) is 11.8 Å². The van der Waals surface area contributed by atoms with Crippen LogP contribution in [0.3, 0.4) is 0 Å². The normalized spacial score (nSPS) is 29.3. The van der Waals surface area contributed by atoms with Gasteiger partial charge in [0.1, 0.15) is 0 Å². The predicted octanol–water partition coefficient (Wildman–Crippen LogP) is 4.02. The first-order valence-electron chi connectivity index (χ1n) is 10.0. The lowest BCUT2D eigenvalue weighted by Crippen LogP contribution is -2.28. The van der Waals surface area contributed by atoms with Crippen LogP contribution in [0.15, 0.2) is 29.2 Å². The average molecular weight is 377 g/mol. The molecule has 0 heterocycles. The minimum atomic E-state index is -3.19. The molecule has 0 aromatic heterocycles. The van der Waals surface area contributed by atoms with Crippen LogP contribution >= 0.6 is 0 Å². The van der Waals surface area contributed by atoms with Crippen molar-refractivity contribution in [1.29, 1.82) is 0 Å². The maximum absolute atomic E-state index is 12.8. The highest BCUT2D eigenvalue weighted by Crippen LogP contribution is 2.61. The summed E-state index contributed by atoms with van der Waals surface area (Å²) >= 11 is 0. The van der Waals surface area contributed by atoms with Gasteiger partial charge in [-0.15, -0.1) is 0 Å². The molecule has 3 aliphatic carbocycles. The monoisotopic (exact) mass is 376 g/mol. The van der Waals surface area contributed by atoms with Gasteiger partial charge in [0.2, 0.25) is 0 Å². The first kappa shape index (κ1) is 18.0. The van der Waals surface area contributed by atoms with Crippen LogP contribution in [0, 0.1) is 11.8 Å². The van der Waals surface area contributed by atoms with Crippen molar-refractivity contribution in [2.45, 2.75) is 73.9 Å². The van der Waals surface area contributed by atoms with Crippen LogP contribution in [0.1, 0.15) is 63.9 Å². The van der Waals surface area contributed by atoms with Gasteiger partial charge in [0.25, 0.3) is 0 Å². The molecule has 1 aromatic rings. The van der Waals surface area contributed by atoms with E-state index in [-0.39, 0.29) is 11.2 Å². The Morgan fingerprint density at radius 2 is 1.73 bits per heavy atom. The third-order valence-electron chi connectivity index (χ3n) is 6.53. The number of ether oxygens (including phenoxy) is 1. The third-order valence-corrected chi connectivity index (χ3v) is 8.81. The van der Waals surface area contributed by atoms with Crippen LogP contribution in [0.4, 0.5) is 0 Å². The SMILES string of the molecule is CCOC(=O)[C@]1(c2ccc(S(=O)(=O)C3CC3)cc2)C[C@H]1C1CCCCC1. The molecule has 3 fully saturated rings. The molecule has 1 aromatic carbocycles. The molecule has 4 rings (SSSR count). The zero-order chi connectivity index (χ0) is 18.4. The highest BCUT2D eigenvalue weighted by molar-refractivity contribution is 7.92. The van der Waals surface area contributed by atoms with Crippen molar-refractivity contribution < 1.29 is 17.9 Å². The van der Waals surface area contributed by atoms with E-state index in [9.17, 15) is 13.2 Å². The summed E-state index contributed by atoms with van der Waals surface area (Å²) < 4.78 is 30.3. The lowest BCUT2D eigenvalue weighted by Gasteiger charge is -2.25. The number of esters is 1. The first-order valence-corrected chi connectivity index (χ1v) is 11.6. The van der Waals surface area contributed by atoms with Crippen molar-refractivity contribution in [3.8, 4) is 0 Å². The van der Waals surface area contributed by atoms with E-state index in [1.165, 1.54) is 32.1 Å². The molecule has 0 unspecified atom stereocenters. The summed E-state index contributed by atoms with van der Waals surface area (Å²) in [6.07, 6.45) is 8.55. The Morgan fingerprint density at radius 3 is 2.31 bits per heavy atom. The molecule has 26 heavy (non-hydrogen) atoms. The number of carbonyl (C=O) groups is 1. The van der Waals surface area contributed by atoms with E-state index in [4.69, 9.17) is 4.74 Å². The Hall–Kier alpha value is -1.36. The molecule has 5 heteroatoms. The zero-order valence-corrected chi connectivity index (χ0v) is 16.3. The molecule has 2 atom stereocenters. The summed E-state index contributed by atoms with van der Waals surface area (Å²) in [7, 11) is -3.19. The number of benzene rings is 1. The Labute approximate surface area is 156 Å². The van der Waals surface area contributed by atoms with E-state index in [0.29, 0.717) is 23.3 Å². The maximum Gasteiger partial charge on any atom is 0.316 e. The van der Waals surface area contributed by atoms with Crippen molar-refractivity contribution >= 4 is 15.8 Å². The molecule has 0 amide bonds. The van der Waals surface area contributed by atoms with E-state index in [1.54, 1.807) is 12.1 Å². The highest BCUT2D eigenvalue weighted by Gasteiger charge is 2.64. The number of hydrogen-bond donors (Lipinski definition) is 0. The minimum absolute atomic E-state index is 0.131. The maximum atomic E-state index is 12.8. The standard InChI is InChI=1S/C21H28O4S/c1-2-25-20(22)21(14-19(21)15-6-4-3-5-7-15)16-8-10-17(11-9-16)26(23,24)18-12-13-18/h8-11,15,18-19H,2-7,12-14H2,1H3/t19-,21-/m0/s1. The fourth-order valence-corrected chi connectivity index (χ4v) is 6.51. The van der Waals surface area contributed by atoms with Gasteiger partial charge in [0, 0.05) is 0 Å². The van der Waals surface area contributed by atoms with Gasteiger partial charge < -0.3 is 4.74 Å². The van der Waals surface area contributed by atoms with E-state index in [0.717, 1.165) is 24.8 Å².